The highest BCUT2D eigenvalue weighted by molar-refractivity contribution is 5.97. The molecule has 0 bridgehead atoms. The number of rotatable bonds is 6. The van der Waals surface area contributed by atoms with Crippen molar-refractivity contribution in [3.05, 3.63) is 42.5 Å². The predicted molar refractivity (Wildman–Crippen MR) is 98.1 cm³/mol. The molecule has 1 aliphatic heterocycles. The number of carbonyl (C=O) groups excluding carboxylic acids is 1. The van der Waals surface area contributed by atoms with E-state index in [0.29, 0.717) is 12.5 Å². The molecular formula is C19H27N5O. The number of amides is 1. The third kappa shape index (κ3) is 4.07. The van der Waals surface area contributed by atoms with Gasteiger partial charge in [0.15, 0.2) is 0 Å². The first kappa shape index (κ1) is 17.6. The van der Waals surface area contributed by atoms with Crippen LogP contribution >= 0.6 is 0 Å². The van der Waals surface area contributed by atoms with Crippen molar-refractivity contribution in [1.29, 1.82) is 0 Å². The van der Waals surface area contributed by atoms with Crippen molar-refractivity contribution in [2.45, 2.75) is 45.8 Å². The number of benzene rings is 1. The molecule has 6 nitrogen and oxygen atoms in total. The third-order valence-electron chi connectivity index (χ3n) is 4.63. The minimum absolute atomic E-state index is 0.113. The molecule has 1 fully saturated rings. The van der Waals surface area contributed by atoms with Gasteiger partial charge in [-0.05, 0) is 37.9 Å². The summed E-state index contributed by atoms with van der Waals surface area (Å²) in [6.45, 7) is 6.59. The van der Waals surface area contributed by atoms with Gasteiger partial charge in [0.1, 0.15) is 12.2 Å². The number of para-hydroxylation sites is 1. The molecule has 0 N–H and O–H groups in total. The van der Waals surface area contributed by atoms with Crippen LogP contribution in [0.5, 0.6) is 0 Å². The monoisotopic (exact) mass is 341 g/mol. The summed E-state index contributed by atoms with van der Waals surface area (Å²) >= 11 is 0. The summed E-state index contributed by atoms with van der Waals surface area (Å²) in [7, 11) is 2.01. The molecule has 6 heteroatoms. The van der Waals surface area contributed by atoms with Gasteiger partial charge in [0.2, 0.25) is 5.91 Å². The SMILES string of the molecule is CC(C)Cn1ncnc1CN(C)[C@H]1CCCN(c2ccccc2)C1=O. The van der Waals surface area contributed by atoms with E-state index in [1.807, 2.05) is 47.0 Å². The molecule has 0 saturated carbocycles. The Morgan fingerprint density at radius 3 is 2.76 bits per heavy atom. The highest BCUT2D eigenvalue weighted by Gasteiger charge is 2.32. The Kier molecular flexibility index (Phi) is 5.48. The largest absolute Gasteiger partial charge is 0.311 e. The van der Waals surface area contributed by atoms with Gasteiger partial charge >= 0.3 is 0 Å². The van der Waals surface area contributed by atoms with Crippen molar-refractivity contribution in [2.75, 3.05) is 18.5 Å². The lowest BCUT2D eigenvalue weighted by molar-refractivity contribution is -0.125. The van der Waals surface area contributed by atoms with Gasteiger partial charge in [-0.3, -0.25) is 9.69 Å². The fourth-order valence-corrected chi connectivity index (χ4v) is 3.37. The van der Waals surface area contributed by atoms with E-state index in [0.717, 1.165) is 37.4 Å². The van der Waals surface area contributed by atoms with E-state index in [2.05, 4.69) is 28.8 Å². The Balaban J connectivity index is 1.70. The first-order valence-electron chi connectivity index (χ1n) is 8.99. The number of nitrogens with zero attached hydrogens (tertiary/aromatic N) is 5. The standard InChI is InChI=1S/C19H27N5O/c1-15(2)12-24-18(20-14-21-24)13-22(3)17-10-7-11-23(19(17)25)16-8-5-4-6-9-16/h4-6,8-9,14-15,17H,7,10-13H2,1-3H3/t17-/m0/s1. The maximum atomic E-state index is 13.0. The Bertz CT molecular complexity index is 697. The molecule has 1 amide bonds. The van der Waals surface area contributed by atoms with Gasteiger partial charge in [0, 0.05) is 18.8 Å². The van der Waals surface area contributed by atoms with E-state index >= 15 is 0 Å². The summed E-state index contributed by atoms with van der Waals surface area (Å²) in [4.78, 5) is 21.4. The number of hydrogen-bond acceptors (Lipinski definition) is 4. The molecule has 0 unspecified atom stereocenters. The van der Waals surface area contributed by atoms with Gasteiger partial charge in [0.25, 0.3) is 0 Å². The van der Waals surface area contributed by atoms with Crippen molar-refractivity contribution in [3.8, 4) is 0 Å². The highest BCUT2D eigenvalue weighted by atomic mass is 16.2. The van der Waals surface area contributed by atoms with Crippen LogP contribution in [0, 0.1) is 5.92 Å². The van der Waals surface area contributed by atoms with Crippen molar-refractivity contribution >= 4 is 11.6 Å². The topological polar surface area (TPSA) is 54.3 Å². The number of carbonyl (C=O) groups is 1. The highest BCUT2D eigenvalue weighted by Crippen LogP contribution is 2.23. The summed E-state index contributed by atoms with van der Waals surface area (Å²) < 4.78 is 1.95. The van der Waals surface area contributed by atoms with E-state index in [4.69, 9.17) is 0 Å². The van der Waals surface area contributed by atoms with E-state index in [-0.39, 0.29) is 11.9 Å². The van der Waals surface area contributed by atoms with Gasteiger partial charge < -0.3 is 4.90 Å². The number of piperidine rings is 1. The smallest absolute Gasteiger partial charge is 0.244 e. The second kappa shape index (κ2) is 7.78. The second-order valence-corrected chi connectivity index (χ2v) is 7.15. The molecule has 1 atom stereocenters. The second-order valence-electron chi connectivity index (χ2n) is 7.15. The zero-order chi connectivity index (χ0) is 17.8. The average molecular weight is 341 g/mol. The molecule has 1 aromatic heterocycles. The summed E-state index contributed by atoms with van der Waals surface area (Å²) in [5.41, 5.74) is 0.980. The van der Waals surface area contributed by atoms with E-state index < -0.39 is 0 Å². The van der Waals surface area contributed by atoms with E-state index in [1.165, 1.54) is 0 Å². The van der Waals surface area contributed by atoms with Crippen LogP contribution in [0.2, 0.25) is 0 Å². The van der Waals surface area contributed by atoms with Crippen LogP contribution in [0.25, 0.3) is 0 Å². The molecule has 134 valence electrons. The number of likely N-dealkylation sites (N-methyl/N-ethyl adjacent to an activating group) is 1. The number of hydrogen-bond donors (Lipinski definition) is 0. The molecule has 2 heterocycles. The van der Waals surface area contributed by atoms with Crippen LogP contribution in [0.4, 0.5) is 5.69 Å². The fourth-order valence-electron chi connectivity index (χ4n) is 3.37. The molecule has 0 aliphatic carbocycles. The van der Waals surface area contributed by atoms with Crippen LogP contribution in [-0.2, 0) is 17.9 Å². The van der Waals surface area contributed by atoms with Crippen LogP contribution in [0.1, 0.15) is 32.5 Å². The molecule has 3 rings (SSSR count). The predicted octanol–water partition coefficient (Wildman–Crippen LogP) is 2.56. The Morgan fingerprint density at radius 2 is 2.04 bits per heavy atom. The van der Waals surface area contributed by atoms with Crippen LogP contribution in [-0.4, -0.2) is 45.2 Å². The minimum atomic E-state index is -0.113. The van der Waals surface area contributed by atoms with Crippen molar-refractivity contribution < 1.29 is 4.79 Å². The first-order valence-corrected chi connectivity index (χ1v) is 8.99. The summed E-state index contributed by atoms with van der Waals surface area (Å²) in [6.07, 6.45) is 3.50. The molecule has 1 aromatic carbocycles. The van der Waals surface area contributed by atoms with Crippen molar-refractivity contribution in [1.82, 2.24) is 19.7 Å². The summed E-state index contributed by atoms with van der Waals surface area (Å²) in [6, 6.07) is 9.81. The minimum Gasteiger partial charge on any atom is -0.311 e. The van der Waals surface area contributed by atoms with Gasteiger partial charge in [0.05, 0.1) is 12.6 Å². The molecular weight excluding hydrogens is 314 g/mol. The Labute approximate surface area is 149 Å². The quantitative estimate of drug-likeness (QED) is 0.810. The van der Waals surface area contributed by atoms with Gasteiger partial charge in [-0.1, -0.05) is 32.0 Å². The van der Waals surface area contributed by atoms with Crippen LogP contribution in [0.3, 0.4) is 0 Å². The van der Waals surface area contributed by atoms with Crippen molar-refractivity contribution in [3.63, 3.8) is 0 Å². The van der Waals surface area contributed by atoms with Gasteiger partial charge in [-0.2, -0.15) is 5.10 Å². The molecule has 0 radical (unpaired) electrons. The Hall–Kier alpha value is -2.21. The molecule has 0 spiro atoms. The van der Waals surface area contributed by atoms with Crippen LogP contribution in [0.15, 0.2) is 36.7 Å². The molecule has 1 aliphatic rings. The van der Waals surface area contributed by atoms with Gasteiger partial charge in [-0.15, -0.1) is 0 Å². The lowest BCUT2D eigenvalue weighted by Crippen LogP contribution is -2.51. The number of aromatic nitrogens is 3. The molecule has 2 aromatic rings. The zero-order valence-electron chi connectivity index (χ0n) is 15.3. The summed E-state index contributed by atoms with van der Waals surface area (Å²) in [5.74, 6) is 1.60. The molecule has 25 heavy (non-hydrogen) atoms. The van der Waals surface area contributed by atoms with E-state index in [1.54, 1.807) is 6.33 Å². The van der Waals surface area contributed by atoms with Gasteiger partial charge in [-0.25, -0.2) is 9.67 Å². The fraction of sp³-hybridized carbons (Fsp3) is 0.526. The van der Waals surface area contributed by atoms with Crippen LogP contribution < -0.4 is 4.90 Å². The lowest BCUT2D eigenvalue weighted by Gasteiger charge is -2.36. The van der Waals surface area contributed by atoms with Crippen molar-refractivity contribution in [2.24, 2.45) is 5.92 Å². The van der Waals surface area contributed by atoms with E-state index in [9.17, 15) is 4.79 Å². The Morgan fingerprint density at radius 1 is 1.28 bits per heavy atom. The summed E-state index contributed by atoms with van der Waals surface area (Å²) in [5, 5.41) is 4.32. The zero-order valence-corrected chi connectivity index (χ0v) is 15.3. The lowest BCUT2D eigenvalue weighted by atomic mass is 10.0. The maximum Gasteiger partial charge on any atom is 0.244 e. The average Bonchev–Trinajstić information content (AvgIpc) is 3.02. The maximum absolute atomic E-state index is 13.0. The normalized spacial score (nSPS) is 18.4. The first-order chi connectivity index (χ1) is 12.1. The number of anilines is 1. The third-order valence-corrected chi connectivity index (χ3v) is 4.63. The molecule has 1 saturated heterocycles.